The van der Waals surface area contributed by atoms with Crippen molar-refractivity contribution in [3.8, 4) is 11.8 Å². The highest BCUT2D eigenvalue weighted by Gasteiger charge is 2.07. The molecule has 0 bridgehead atoms. The number of hydrazone groups is 1. The number of aromatic nitrogens is 3. The second-order valence-corrected chi connectivity index (χ2v) is 4.40. The Kier molecular flexibility index (Phi) is 4.40. The molecule has 110 valence electrons. The van der Waals surface area contributed by atoms with Crippen LogP contribution in [0, 0.1) is 11.3 Å². The second kappa shape index (κ2) is 6.42. The van der Waals surface area contributed by atoms with Crippen LogP contribution in [-0.2, 0) is 0 Å². The molecule has 1 aromatic heterocycles. The number of H-pyrrole nitrogens is 1. The molecule has 0 fully saturated rings. The van der Waals surface area contributed by atoms with Crippen LogP contribution in [0.15, 0.2) is 39.0 Å². The van der Waals surface area contributed by atoms with Gasteiger partial charge in [0.15, 0.2) is 5.11 Å². The van der Waals surface area contributed by atoms with E-state index in [0.29, 0.717) is 11.3 Å². The lowest BCUT2D eigenvalue weighted by atomic mass is 10.2. The largest absolute Gasteiger partial charge is 0.375 e. The molecule has 0 aliphatic heterocycles. The fraction of sp³-hybridized carbons (Fsp3) is 0. The number of thiocarbonyl (C=S) groups is 1. The van der Waals surface area contributed by atoms with Crippen molar-refractivity contribution < 1.29 is 0 Å². The Morgan fingerprint density at radius 3 is 2.73 bits per heavy atom. The zero-order chi connectivity index (χ0) is 16.1. The molecule has 4 N–H and O–H groups in total. The SMILES string of the molecule is N#Cc1nn(-c2ccc(/C=N/NC(N)=S)cc2)c(=O)[nH]c1=O. The number of rotatable bonds is 3. The summed E-state index contributed by atoms with van der Waals surface area (Å²) in [6.07, 6.45) is 1.48. The van der Waals surface area contributed by atoms with Gasteiger partial charge in [0.25, 0.3) is 5.56 Å². The molecule has 0 unspecified atom stereocenters. The van der Waals surface area contributed by atoms with Gasteiger partial charge in [-0.2, -0.15) is 15.0 Å². The van der Waals surface area contributed by atoms with Gasteiger partial charge < -0.3 is 5.73 Å². The van der Waals surface area contributed by atoms with Crippen molar-refractivity contribution in [1.29, 1.82) is 5.26 Å². The molecular weight excluding hydrogens is 306 g/mol. The van der Waals surface area contributed by atoms with Crippen molar-refractivity contribution >= 4 is 23.5 Å². The fourth-order valence-electron chi connectivity index (χ4n) is 1.52. The molecule has 0 spiro atoms. The van der Waals surface area contributed by atoms with Crippen LogP contribution in [0.5, 0.6) is 0 Å². The smallest absolute Gasteiger partial charge is 0.349 e. The third-order valence-corrected chi connectivity index (χ3v) is 2.55. The molecule has 22 heavy (non-hydrogen) atoms. The zero-order valence-corrected chi connectivity index (χ0v) is 11.8. The highest BCUT2D eigenvalue weighted by atomic mass is 32.1. The lowest BCUT2D eigenvalue weighted by Gasteiger charge is -2.03. The van der Waals surface area contributed by atoms with E-state index in [1.54, 1.807) is 30.3 Å². The van der Waals surface area contributed by atoms with Crippen molar-refractivity contribution in [3.05, 3.63) is 56.4 Å². The molecule has 0 aliphatic rings. The topological polar surface area (TPSA) is 142 Å². The lowest BCUT2D eigenvalue weighted by molar-refractivity contribution is 0.740. The molecule has 0 radical (unpaired) electrons. The van der Waals surface area contributed by atoms with Gasteiger partial charge in [-0.15, -0.1) is 5.10 Å². The Labute approximate surface area is 128 Å². The molecule has 10 heteroatoms. The molecule has 9 nitrogen and oxygen atoms in total. The van der Waals surface area contributed by atoms with Gasteiger partial charge in [0, 0.05) is 0 Å². The van der Waals surface area contributed by atoms with E-state index in [1.165, 1.54) is 6.21 Å². The number of nitriles is 1. The summed E-state index contributed by atoms with van der Waals surface area (Å²) in [6.45, 7) is 0. The molecule has 0 saturated heterocycles. The van der Waals surface area contributed by atoms with Crippen molar-refractivity contribution in [2.45, 2.75) is 0 Å². The molecule has 1 heterocycles. The quantitative estimate of drug-likeness (QED) is 0.373. The van der Waals surface area contributed by atoms with Crippen LogP contribution in [0.2, 0.25) is 0 Å². The number of nitrogens with two attached hydrogens (primary N) is 1. The lowest BCUT2D eigenvalue weighted by Crippen LogP contribution is -2.33. The standard InChI is InChI=1S/C12H9N7O2S/c13-5-9-10(20)16-12(21)19(18-9)8-3-1-7(2-4-8)6-15-17-11(14)22/h1-4,6H,(H3,14,17,22)(H,16,20,21)/b15-6+. The minimum atomic E-state index is -0.823. The number of aromatic amines is 1. The van der Waals surface area contributed by atoms with Crippen molar-refractivity contribution in [2.24, 2.45) is 10.8 Å². The van der Waals surface area contributed by atoms with Gasteiger partial charge in [0.05, 0.1) is 11.9 Å². The first-order valence-corrected chi connectivity index (χ1v) is 6.25. The predicted molar refractivity (Wildman–Crippen MR) is 82.7 cm³/mol. The molecule has 1 aromatic carbocycles. The van der Waals surface area contributed by atoms with Gasteiger partial charge in [-0.25, -0.2) is 4.79 Å². The van der Waals surface area contributed by atoms with Gasteiger partial charge in [-0.3, -0.25) is 15.2 Å². The first-order valence-electron chi connectivity index (χ1n) is 5.84. The summed E-state index contributed by atoms with van der Waals surface area (Å²) < 4.78 is 0.925. The van der Waals surface area contributed by atoms with Gasteiger partial charge >= 0.3 is 5.69 Å². The Morgan fingerprint density at radius 1 is 1.45 bits per heavy atom. The van der Waals surface area contributed by atoms with E-state index < -0.39 is 16.9 Å². The van der Waals surface area contributed by atoms with Crippen LogP contribution in [0.1, 0.15) is 11.3 Å². The summed E-state index contributed by atoms with van der Waals surface area (Å²) in [6, 6.07) is 8.09. The van der Waals surface area contributed by atoms with E-state index in [0.717, 1.165) is 4.68 Å². The summed E-state index contributed by atoms with van der Waals surface area (Å²) in [5.41, 5.74) is 6.77. The number of nitrogens with zero attached hydrogens (tertiary/aromatic N) is 4. The van der Waals surface area contributed by atoms with Gasteiger partial charge in [-0.05, 0) is 29.9 Å². The highest BCUT2D eigenvalue weighted by Crippen LogP contribution is 2.04. The van der Waals surface area contributed by atoms with Crippen LogP contribution < -0.4 is 22.4 Å². The third kappa shape index (κ3) is 3.41. The molecular formula is C12H9N7O2S. The minimum Gasteiger partial charge on any atom is -0.375 e. The number of hydrogen-bond donors (Lipinski definition) is 3. The Morgan fingerprint density at radius 2 is 2.14 bits per heavy atom. The normalized spacial score (nSPS) is 10.3. The maximum absolute atomic E-state index is 11.7. The van der Waals surface area contributed by atoms with Crippen LogP contribution in [0.3, 0.4) is 0 Å². The first kappa shape index (κ1) is 15.1. The maximum Gasteiger partial charge on any atom is 0.349 e. The molecule has 0 amide bonds. The molecule has 0 aliphatic carbocycles. The van der Waals surface area contributed by atoms with Crippen molar-refractivity contribution in [2.75, 3.05) is 0 Å². The zero-order valence-electron chi connectivity index (χ0n) is 11.0. The van der Waals surface area contributed by atoms with Gasteiger partial charge in [-0.1, -0.05) is 12.1 Å². The average molecular weight is 315 g/mol. The summed E-state index contributed by atoms with van der Waals surface area (Å²) in [5.74, 6) is 0. The predicted octanol–water partition coefficient (Wildman–Crippen LogP) is -1.04. The summed E-state index contributed by atoms with van der Waals surface area (Å²) in [4.78, 5) is 25.0. The molecule has 2 rings (SSSR count). The van der Waals surface area contributed by atoms with E-state index in [4.69, 9.17) is 11.0 Å². The van der Waals surface area contributed by atoms with Crippen LogP contribution in [-0.4, -0.2) is 26.1 Å². The van der Waals surface area contributed by atoms with Crippen LogP contribution >= 0.6 is 12.2 Å². The molecule has 0 saturated carbocycles. The Balaban J connectivity index is 2.34. The third-order valence-electron chi connectivity index (χ3n) is 2.46. The van der Waals surface area contributed by atoms with E-state index in [9.17, 15) is 9.59 Å². The number of nitrogens with one attached hydrogen (secondary N) is 2. The van der Waals surface area contributed by atoms with Gasteiger partial charge in [0.2, 0.25) is 5.69 Å². The number of benzene rings is 1. The Bertz CT molecular complexity index is 889. The average Bonchev–Trinajstić information content (AvgIpc) is 2.48. The molecule has 2 aromatic rings. The Hall–Kier alpha value is -3.32. The molecule has 0 atom stereocenters. The highest BCUT2D eigenvalue weighted by molar-refractivity contribution is 7.80. The monoisotopic (exact) mass is 315 g/mol. The summed E-state index contributed by atoms with van der Waals surface area (Å²) in [7, 11) is 0. The number of hydrogen-bond acceptors (Lipinski definition) is 6. The van der Waals surface area contributed by atoms with Crippen LogP contribution in [0.4, 0.5) is 0 Å². The van der Waals surface area contributed by atoms with E-state index >= 15 is 0 Å². The van der Waals surface area contributed by atoms with Crippen molar-refractivity contribution in [1.82, 2.24) is 20.2 Å². The van der Waals surface area contributed by atoms with Crippen molar-refractivity contribution in [3.63, 3.8) is 0 Å². The van der Waals surface area contributed by atoms with E-state index in [1.807, 2.05) is 4.98 Å². The minimum absolute atomic E-state index is 0.0425. The van der Waals surface area contributed by atoms with Gasteiger partial charge in [0.1, 0.15) is 6.07 Å². The second-order valence-electron chi connectivity index (χ2n) is 3.96. The summed E-state index contributed by atoms with van der Waals surface area (Å²) >= 11 is 4.60. The van der Waals surface area contributed by atoms with E-state index in [-0.39, 0.29) is 5.11 Å². The maximum atomic E-state index is 11.7. The first-order chi connectivity index (χ1) is 10.5. The van der Waals surface area contributed by atoms with E-state index in [2.05, 4.69) is 27.8 Å². The van der Waals surface area contributed by atoms with Crippen LogP contribution in [0.25, 0.3) is 5.69 Å². The fourth-order valence-corrected chi connectivity index (χ4v) is 1.57. The summed E-state index contributed by atoms with van der Waals surface area (Å²) in [5, 5.41) is 16.3.